The number of hydrogen-bond acceptors (Lipinski definition) is 6. The fraction of sp³-hybridized carbons (Fsp3) is 0.667. The van der Waals surface area contributed by atoms with Crippen LogP contribution < -0.4 is 10.2 Å². The molecule has 25 heavy (non-hydrogen) atoms. The predicted molar refractivity (Wildman–Crippen MR) is 93.7 cm³/mol. The van der Waals surface area contributed by atoms with Crippen molar-refractivity contribution in [3.05, 3.63) is 28.3 Å². The normalized spacial score (nSPS) is 26.0. The number of piperazine rings is 1. The predicted octanol–water partition coefficient (Wildman–Crippen LogP) is 0.777. The van der Waals surface area contributed by atoms with E-state index in [4.69, 9.17) is 9.15 Å². The second-order valence-corrected chi connectivity index (χ2v) is 7.20. The maximum Gasteiger partial charge on any atom is 0.227 e. The molecule has 1 atom stereocenters. The Morgan fingerprint density at radius 1 is 1.20 bits per heavy atom. The second-order valence-electron chi connectivity index (χ2n) is 7.20. The standard InChI is InChI=1S/C18H27N3O4/c1-19-7-6-18(5-4-17(19)23)13-21(9-8-20(18)2)11-14-10-15(22)16(24-3)12-25-14/h10,12H,4-9,11,13H2,1-3H3/t18-/m0/s1. The highest BCUT2D eigenvalue weighted by Gasteiger charge is 2.41. The number of carbonyl (C=O) groups is 1. The summed E-state index contributed by atoms with van der Waals surface area (Å²) in [5, 5.41) is 0. The van der Waals surface area contributed by atoms with Crippen molar-refractivity contribution in [3.8, 4) is 5.75 Å². The minimum Gasteiger partial charge on any atom is -0.490 e. The van der Waals surface area contributed by atoms with Crippen molar-refractivity contribution in [2.45, 2.75) is 31.3 Å². The van der Waals surface area contributed by atoms with Crippen LogP contribution in [0.5, 0.6) is 5.75 Å². The number of amides is 1. The molecule has 7 heteroatoms. The van der Waals surface area contributed by atoms with E-state index in [1.54, 1.807) is 0 Å². The van der Waals surface area contributed by atoms with Crippen LogP contribution in [0.25, 0.3) is 0 Å². The number of rotatable bonds is 3. The van der Waals surface area contributed by atoms with Crippen molar-refractivity contribution in [1.82, 2.24) is 14.7 Å². The van der Waals surface area contributed by atoms with Gasteiger partial charge in [-0.3, -0.25) is 19.4 Å². The van der Waals surface area contributed by atoms with Gasteiger partial charge in [0.25, 0.3) is 0 Å². The Kier molecular flexibility index (Phi) is 5.15. The topological polar surface area (TPSA) is 66.2 Å². The number of likely N-dealkylation sites (tertiary alicyclic amines) is 1. The van der Waals surface area contributed by atoms with Crippen LogP contribution in [-0.4, -0.2) is 73.5 Å². The van der Waals surface area contributed by atoms with Crippen molar-refractivity contribution in [2.75, 3.05) is 47.4 Å². The van der Waals surface area contributed by atoms with Gasteiger partial charge in [-0.2, -0.15) is 0 Å². The Labute approximate surface area is 148 Å². The third-order valence-electron chi connectivity index (χ3n) is 5.67. The molecule has 7 nitrogen and oxygen atoms in total. The number of ether oxygens (including phenoxy) is 1. The first-order valence-electron chi connectivity index (χ1n) is 8.77. The zero-order valence-corrected chi connectivity index (χ0v) is 15.3. The first-order chi connectivity index (χ1) is 11.9. The van der Waals surface area contributed by atoms with E-state index in [0.29, 0.717) is 18.7 Å². The molecule has 0 bridgehead atoms. The summed E-state index contributed by atoms with van der Waals surface area (Å²) in [6.45, 7) is 4.11. The lowest BCUT2D eigenvalue weighted by Crippen LogP contribution is -2.60. The molecule has 0 saturated carbocycles. The lowest BCUT2D eigenvalue weighted by molar-refractivity contribution is -0.129. The molecule has 2 saturated heterocycles. The van der Waals surface area contributed by atoms with Crippen LogP contribution in [0, 0.1) is 0 Å². The summed E-state index contributed by atoms with van der Waals surface area (Å²) >= 11 is 0. The molecule has 0 radical (unpaired) electrons. The van der Waals surface area contributed by atoms with E-state index in [9.17, 15) is 9.59 Å². The van der Waals surface area contributed by atoms with Gasteiger partial charge in [0.05, 0.1) is 13.7 Å². The molecule has 0 aliphatic carbocycles. The highest BCUT2D eigenvalue weighted by atomic mass is 16.5. The van der Waals surface area contributed by atoms with Crippen molar-refractivity contribution < 1.29 is 13.9 Å². The lowest BCUT2D eigenvalue weighted by atomic mass is 9.86. The molecule has 138 valence electrons. The highest BCUT2D eigenvalue weighted by molar-refractivity contribution is 5.76. The summed E-state index contributed by atoms with van der Waals surface area (Å²) in [5.74, 6) is 1.10. The van der Waals surface area contributed by atoms with Gasteiger partial charge >= 0.3 is 0 Å². The van der Waals surface area contributed by atoms with E-state index in [1.165, 1.54) is 19.4 Å². The molecule has 1 amide bonds. The van der Waals surface area contributed by atoms with Crippen LogP contribution in [0.1, 0.15) is 25.0 Å². The van der Waals surface area contributed by atoms with Crippen LogP contribution in [0.15, 0.2) is 21.5 Å². The number of carbonyl (C=O) groups excluding carboxylic acids is 1. The quantitative estimate of drug-likeness (QED) is 0.803. The maximum absolute atomic E-state index is 12.0. The van der Waals surface area contributed by atoms with Crippen LogP contribution in [0.4, 0.5) is 0 Å². The Morgan fingerprint density at radius 2 is 2.00 bits per heavy atom. The van der Waals surface area contributed by atoms with Gasteiger partial charge in [-0.15, -0.1) is 0 Å². The molecule has 1 spiro atoms. The molecule has 2 aliphatic rings. The van der Waals surface area contributed by atoms with Gasteiger partial charge in [0.1, 0.15) is 12.0 Å². The van der Waals surface area contributed by atoms with Gasteiger partial charge < -0.3 is 14.1 Å². The molecule has 0 unspecified atom stereocenters. The monoisotopic (exact) mass is 349 g/mol. The van der Waals surface area contributed by atoms with Gasteiger partial charge in [0.2, 0.25) is 17.1 Å². The van der Waals surface area contributed by atoms with E-state index in [1.807, 2.05) is 11.9 Å². The summed E-state index contributed by atoms with van der Waals surface area (Å²) in [6.07, 6.45) is 3.81. The highest BCUT2D eigenvalue weighted by Crippen LogP contribution is 2.32. The third-order valence-corrected chi connectivity index (χ3v) is 5.67. The largest absolute Gasteiger partial charge is 0.490 e. The number of hydrogen-bond donors (Lipinski definition) is 0. The minimum atomic E-state index is -0.158. The van der Waals surface area contributed by atoms with Crippen molar-refractivity contribution in [2.24, 2.45) is 0 Å². The van der Waals surface area contributed by atoms with E-state index in [2.05, 4.69) is 16.8 Å². The van der Waals surface area contributed by atoms with Crippen LogP contribution in [-0.2, 0) is 11.3 Å². The lowest BCUT2D eigenvalue weighted by Gasteiger charge is -2.49. The average Bonchev–Trinajstić information content (AvgIpc) is 2.73. The van der Waals surface area contributed by atoms with E-state index < -0.39 is 0 Å². The zero-order valence-electron chi connectivity index (χ0n) is 15.3. The van der Waals surface area contributed by atoms with Crippen LogP contribution in [0.2, 0.25) is 0 Å². The van der Waals surface area contributed by atoms with Gasteiger partial charge in [-0.1, -0.05) is 0 Å². The van der Waals surface area contributed by atoms with Gasteiger partial charge in [-0.25, -0.2) is 0 Å². The minimum absolute atomic E-state index is 0.00539. The maximum atomic E-state index is 12.0. The number of nitrogens with zero attached hydrogens (tertiary/aromatic N) is 3. The molecule has 3 heterocycles. The fourth-order valence-electron chi connectivity index (χ4n) is 3.87. The average molecular weight is 349 g/mol. The number of likely N-dealkylation sites (N-methyl/N-ethyl adjacent to an activating group) is 1. The summed E-state index contributed by atoms with van der Waals surface area (Å²) in [4.78, 5) is 30.5. The van der Waals surface area contributed by atoms with Crippen LogP contribution in [0.3, 0.4) is 0 Å². The summed E-state index contributed by atoms with van der Waals surface area (Å²) in [6, 6.07) is 1.51. The molecular formula is C18H27N3O4. The Bertz CT molecular complexity index is 689. The van der Waals surface area contributed by atoms with Gasteiger partial charge in [-0.05, 0) is 19.9 Å². The summed E-state index contributed by atoms with van der Waals surface area (Å²) < 4.78 is 10.5. The van der Waals surface area contributed by atoms with Crippen molar-refractivity contribution >= 4 is 5.91 Å². The van der Waals surface area contributed by atoms with Gasteiger partial charge in [0, 0.05) is 51.3 Å². The van der Waals surface area contributed by atoms with E-state index >= 15 is 0 Å². The molecular weight excluding hydrogens is 322 g/mol. The molecule has 1 aromatic rings. The summed E-state index contributed by atoms with van der Waals surface area (Å²) in [7, 11) is 5.50. The SMILES string of the molecule is COc1coc(CN2CCN(C)[C@]3(CCC(=O)N(C)CC3)C2)cc1=O. The molecule has 3 rings (SSSR count). The molecule has 0 N–H and O–H groups in total. The van der Waals surface area contributed by atoms with E-state index in [0.717, 1.165) is 39.0 Å². The number of methoxy groups -OCH3 is 1. The van der Waals surface area contributed by atoms with Crippen LogP contribution >= 0.6 is 0 Å². The second kappa shape index (κ2) is 7.17. The fourth-order valence-corrected chi connectivity index (χ4v) is 3.87. The molecule has 1 aromatic heterocycles. The smallest absolute Gasteiger partial charge is 0.227 e. The third kappa shape index (κ3) is 3.72. The summed E-state index contributed by atoms with van der Waals surface area (Å²) in [5.41, 5.74) is -0.153. The van der Waals surface area contributed by atoms with Crippen molar-refractivity contribution in [3.63, 3.8) is 0 Å². The zero-order chi connectivity index (χ0) is 18.0. The molecule has 0 aromatic carbocycles. The first-order valence-corrected chi connectivity index (χ1v) is 8.77. The van der Waals surface area contributed by atoms with Gasteiger partial charge in [0.15, 0.2) is 0 Å². The molecule has 2 fully saturated rings. The van der Waals surface area contributed by atoms with Crippen molar-refractivity contribution in [1.29, 1.82) is 0 Å². The van der Waals surface area contributed by atoms with E-state index in [-0.39, 0.29) is 22.6 Å². The molecule has 2 aliphatic heterocycles. The Hall–Kier alpha value is -1.86. The Morgan fingerprint density at radius 3 is 2.72 bits per heavy atom. The first kappa shape index (κ1) is 17.9. The Balaban J connectivity index is 1.73.